The van der Waals surface area contributed by atoms with Crippen LogP contribution in [0.15, 0.2) is 18.2 Å². The first-order valence-electron chi connectivity index (χ1n) is 6.92. The first kappa shape index (κ1) is 13.3. The molecule has 1 aliphatic carbocycles. The maximum Gasteiger partial charge on any atom is 0.171 e. The Balaban J connectivity index is 2.08. The van der Waals surface area contributed by atoms with Gasteiger partial charge in [0.2, 0.25) is 0 Å². The number of benzene rings is 1. The number of aryl methyl sites for hydroxylation is 2. The Bertz CT molecular complexity index is 402. The lowest BCUT2D eigenvalue weighted by molar-refractivity contribution is 0.385. The third-order valence-electron chi connectivity index (χ3n) is 3.68. The highest BCUT2D eigenvalue weighted by molar-refractivity contribution is 7.80. The van der Waals surface area contributed by atoms with E-state index in [1.54, 1.807) is 0 Å². The van der Waals surface area contributed by atoms with E-state index in [4.69, 9.17) is 12.2 Å². The van der Waals surface area contributed by atoms with Crippen molar-refractivity contribution in [1.29, 1.82) is 0 Å². The molecule has 1 aliphatic rings. The minimum atomic E-state index is 0.587. The van der Waals surface area contributed by atoms with Gasteiger partial charge in [0.05, 0.1) is 0 Å². The molecule has 0 bridgehead atoms. The summed E-state index contributed by atoms with van der Waals surface area (Å²) >= 11 is 5.41. The minimum absolute atomic E-state index is 0.587. The Morgan fingerprint density at radius 2 is 1.83 bits per heavy atom. The molecule has 2 nitrogen and oxygen atoms in total. The van der Waals surface area contributed by atoms with Gasteiger partial charge in [-0.15, -0.1) is 0 Å². The third-order valence-corrected chi connectivity index (χ3v) is 3.90. The van der Waals surface area contributed by atoms with Crippen molar-refractivity contribution in [1.82, 2.24) is 5.32 Å². The Morgan fingerprint density at radius 3 is 2.28 bits per heavy atom. The normalized spacial score (nSPS) is 15.0. The van der Waals surface area contributed by atoms with Crippen molar-refractivity contribution in [3.63, 3.8) is 0 Å². The molecular formula is C15H22N2S. The van der Waals surface area contributed by atoms with Crippen molar-refractivity contribution in [2.24, 2.45) is 0 Å². The highest BCUT2D eigenvalue weighted by Crippen LogP contribution is 2.23. The number of rotatable bonds is 4. The fourth-order valence-electron chi connectivity index (χ4n) is 2.29. The zero-order valence-corrected chi connectivity index (χ0v) is 12.1. The molecule has 1 saturated carbocycles. The second-order valence-corrected chi connectivity index (χ2v) is 5.29. The SMILES string of the molecule is CCc1cccc(CC)c1NC(=S)NC1CCC1. The zero-order chi connectivity index (χ0) is 13.0. The topological polar surface area (TPSA) is 24.1 Å². The molecule has 0 heterocycles. The summed E-state index contributed by atoms with van der Waals surface area (Å²) in [7, 11) is 0. The monoisotopic (exact) mass is 262 g/mol. The third kappa shape index (κ3) is 3.02. The number of hydrogen-bond acceptors (Lipinski definition) is 1. The van der Waals surface area contributed by atoms with E-state index in [2.05, 4.69) is 42.7 Å². The van der Waals surface area contributed by atoms with Crippen molar-refractivity contribution in [3.05, 3.63) is 29.3 Å². The molecule has 0 saturated heterocycles. The summed E-state index contributed by atoms with van der Waals surface area (Å²) < 4.78 is 0. The Morgan fingerprint density at radius 1 is 1.22 bits per heavy atom. The highest BCUT2D eigenvalue weighted by Gasteiger charge is 2.18. The fraction of sp³-hybridized carbons (Fsp3) is 0.533. The van der Waals surface area contributed by atoms with Crippen LogP contribution < -0.4 is 10.6 Å². The van der Waals surface area contributed by atoms with Gasteiger partial charge in [-0.2, -0.15) is 0 Å². The van der Waals surface area contributed by atoms with E-state index in [-0.39, 0.29) is 0 Å². The number of para-hydroxylation sites is 1. The average Bonchev–Trinajstić information content (AvgIpc) is 2.34. The van der Waals surface area contributed by atoms with Crippen LogP contribution in [-0.4, -0.2) is 11.2 Å². The predicted molar refractivity (Wildman–Crippen MR) is 82.2 cm³/mol. The van der Waals surface area contributed by atoms with Gasteiger partial charge in [-0.25, -0.2) is 0 Å². The van der Waals surface area contributed by atoms with Gasteiger partial charge in [-0.05, 0) is 55.4 Å². The van der Waals surface area contributed by atoms with Gasteiger partial charge in [0.15, 0.2) is 5.11 Å². The van der Waals surface area contributed by atoms with Gasteiger partial charge in [0.25, 0.3) is 0 Å². The molecule has 2 N–H and O–H groups in total. The van der Waals surface area contributed by atoms with E-state index in [0.29, 0.717) is 6.04 Å². The lowest BCUT2D eigenvalue weighted by Crippen LogP contribution is -2.41. The smallest absolute Gasteiger partial charge is 0.171 e. The van der Waals surface area contributed by atoms with Gasteiger partial charge in [-0.3, -0.25) is 0 Å². The molecule has 0 atom stereocenters. The van der Waals surface area contributed by atoms with Gasteiger partial charge in [-0.1, -0.05) is 32.0 Å². The molecule has 98 valence electrons. The summed E-state index contributed by atoms with van der Waals surface area (Å²) in [5.41, 5.74) is 3.89. The largest absolute Gasteiger partial charge is 0.360 e. The molecule has 0 unspecified atom stereocenters. The minimum Gasteiger partial charge on any atom is -0.360 e. The molecule has 0 aliphatic heterocycles. The molecular weight excluding hydrogens is 240 g/mol. The standard InChI is InChI=1S/C15H22N2S/c1-3-11-7-5-8-12(4-2)14(11)17-15(18)16-13-9-6-10-13/h5,7-8,13H,3-4,6,9-10H2,1-2H3,(H2,16,17,18). The lowest BCUT2D eigenvalue weighted by atomic mass is 9.93. The summed E-state index contributed by atoms with van der Waals surface area (Å²) in [5, 5.41) is 7.56. The summed E-state index contributed by atoms with van der Waals surface area (Å²) in [6.45, 7) is 4.37. The van der Waals surface area contributed by atoms with Crippen LogP contribution in [0.3, 0.4) is 0 Å². The van der Waals surface area contributed by atoms with E-state index in [1.165, 1.54) is 36.1 Å². The van der Waals surface area contributed by atoms with Crippen LogP contribution in [0.1, 0.15) is 44.2 Å². The van der Waals surface area contributed by atoms with Gasteiger partial charge in [0, 0.05) is 11.7 Å². The fourth-order valence-corrected chi connectivity index (χ4v) is 2.56. The second-order valence-electron chi connectivity index (χ2n) is 4.88. The van der Waals surface area contributed by atoms with Gasteiger partial charge >= 0.3 is 0 Å². The Kier molecular flexibility index (Phi) is 4.59. The Hall–Kier alpha value is -1.09. The van der Waals surface area contributed by atoms with E-state index in [1.807, 2.05) is 0 Å². The highest BCUT2D eigenvalue weighted by atomic mass is 32.1. The van der Waals surface area contributed by atoms with Crippen LogP contribution in [0.25, 0.3) is 0 Å². The second kappa shape index (κ2) is 6.19. The summed E-state index contributed by atoms with van der Waals surface area (Å²) in [4.78, 5) is 0. The molecule has 0 spiro atoms. The van der Waals surface area contributed by atoms with Crippen LogP contribution >= 0.6 is 12.2 Å². The molecule has 3 heteroatoms. The predicted octanol–water partition coefficient (Wildman–Crippen LogP) is 3.65. The van der Waals surface area contributed by atoms with Crippen LogP contribution in [0.2, 0.25) is 0 Å². The van der Waals surface area contributed by atoms with E-state index < -0.39 is 0 Å². The molecule has 0 aromatic heterocycles. The zero-order valence-electron chi connectivity index (χ0n) is 11.3. The number of anilines is 1. The number of hydrogen-bond donors (Lipinski definition) is 2. The molecule has 1 fully saturated rings. The van der Waals surface area contributed by atoms with Crippen molar-refractivity contribution in [3.8, 4) is 0 Å². The molecule has 1 aromatic carbocycles. The molecule has 0 radical (unpaired) electrons. The maximum absolute atomic E-state index is 5.41. The summed E-state index contributed by atoms with van der Waals surface area (Å²) in [6.07, 6.45) is 5.88. The maximum atomic E-state index is 5.41. The van der Waals surface area contributed by atoms with E-state index >= 15 is 0 Å². The molecule has 0 amide bonds. The first-order valence-corrected chi connectivity index (χ1v) is 7.33. The van der Waals surface area contributed by atoms with E-state index in [0.717, 1.165) is 18.0 Å². The number of nitrogens with one attached hydrogen (secondary N) is 2. The number of thiocarbonyl (C=S) groups is 1. The van der Waals surface area contributed by atoms with Crippen LogP contribution in [-0.2, 0) is 12.8 Å². The van der Waals surface area contributed by atoms with Crippen molar-refractivity contribution in [2.45, 2.75) is 52.0 Å². The quantitative estimate of drug-likeness (QED) is 0.810. The average molecular weight is 262 g/mol. The van der Waals surface area contributed by atoms with Crippen LogP contribution in [0.5, 0.6) is 0 Å². The molecule has 18 heavy (non-hydrogen) atoms. The van der Waals surface area contributed by atoms with Crippen molar-refractivity contribution >= 4 is 23.0 Å². The van der Waals surface area contributed by atoms with Crippen LogP contribution in [0.4, 0.5) is 5.69 Å². The summed E-state index contributed by atoms with van der Waals surface area (Å²) in [5.74, 6) is 0. The lowest BCUT2D eigenvalue weighted by Gasteiger charge is -2.28. The van der Waals surface area contributed by atoms with Crippen LogP contribution in [0, 0.1) is 0 Å². The first-order chi connectivity index (χ1) is 8.74. The van der Waals surface area contributed by atoms with Gasteiger partial charge in [0.1, 0.15) is 0 Å². The molecule has 1 aromatic rings. The Labute approximate surface area is 115 Å². The molecule has 2 rings (SSSR count). The van der Waals surface area contributed by atoms with Crippen molar-refractivity contribution < 1.29 is 0 Å². The summed E-state index contributed by atoms with van der Waals surface area (Å²) in [6, 6.07) is 7.07. The van der Waals surface area contributed by atoms with Gasteiger partial charge < -0.3 is 10.6 Å². The van der Waals surface area contributed by atoms with E-state index in [9.17, 15) is 0 Å². The van der Waals surface area contributed by atoms with Crippen molar-refractivity contribution in [2.75, 3.05) is 5.32 Å².